The van der Waals surface area contributed by atoms with Crippen molar-refractivity contribution in [1.29, 1.82) is 0 Å². The van der Waals surface area contributed by atoms with Crippen molar-refractivity contribution < 1.29 is 14.5 Å². The van der Waals surface area contributed by atoms with E-state index in [4.69, 9.17) is 4.74 Å². The van der Waals surface area contributed by atoms with Crippen LogP contribution >= 0.6 is 0 Å². The van der Waals surface area contributed by atoms with Crippen LogP contribution in [0.2, 0.25) is 0 Å². The van der Waals surface area contributed by atoms with Gasteiger partial charge in [-0.15, -0.1) is 0 Å². The van der Waals surface area contributed by atoms with Crippen LogP contribution in [-0.2, 0) is 4.79 Å². The normalized spacial score (nSPS) is 15.2. The molecular formula is C22H26N4O4. The maximum atomic E-state index is 12.4. The molecule has 8 nitrogen and oxygen atoms in total. The summed E-state index contributed by atoms with van der Waals surface area (Å²) >= 11 is 0. The van der Waals surface area contributed by atoms with Crippen molar-refractivity contribution in [2.45, 2.75) is 0 Å². The number of anilines is 1. The lowest BCUT2D eigenvalue weighted by Gasteiger charge is -2.33. The van der Waals surface area contributed by atoms with Crippen molar-refractivity contribution in [1.82, 2.24) is 9.80 Å². The standard InChI is InChI=1S/C22H26N4O4/c1-30-19-9-10-20(21(16-19)26(28)29)23-22(27)17-25-14-12-24(13-15-25)11-5-8-18-6-3-2-4-7-18/h2-10,16H,11-15,17H2,1H3,(H,23,27). The number of nitrogens with zero attached hydrogens (tertiary/aromatic N) is 3. The fourth-order valence-electron chi connectivity index (χ4n) is 3.32. The molecule has 0 bridgehead atoms. The molecule has 158 valence electrons. The predicted molar refractivity (Wildman–Crippen MR) is 117 cm³/mol. The Morgan fingerprint density at radius 3 is 2.50 bits per heavy atom. The van der Waals surface area contributed by atoms with Crippen LogP contribution in [0.5, 0.6) is 5.75 Å². The molecular weight excluding hydrogens is 384 g/mol. The lowest BCUT2D eigenvalue weighted by molar-refractivity contribution is -0.384. The zero-order chi connectivity index (χ0) is 21.3. The zero-order valence-corrected chi connectivity index (χ0v) is 17.0. The zero-order valence-electron chi connectivity index (χ0n) is 17.0. The largest absolute Gasteiger partial charge is 0.496 e. The van der Waals surface area contributed by atoms with E-state index in [0.29, 0.717) is 5.75 Å². The quantitative estimate of drug-likeness (QED) is 0.532. The van der Waals surface area contributed by atoms with Gasteiger partial charge in [0.1, 0.15) is 11.4 Å². The van der Waals surface area contributed by atoms with E-state index in [1.165, 1.54) is 24.8 Å². The molecule has 0 saturated carbocycles. The molecule has 3 rings (SSSR count). The third-order valence-corrected chi connectivity index (χ3v) is 4.98. The van der Waals surface area contributed by atoms with Gasteiger partial charge in [0.2, 0.25) is 5.91 Å². The summed E-state index contributed by atoms with van der Waals surface area (Å²) < 4.78 is 5.01. The van der Waals surface area contributed by atoms with Crippen molar-refractivity contribution in [3.05, 3.63) is 70.3 Å². The Labute approximate surface area is 175 Å². The third-order valence-electron chi connectivity index (χ3n) is 4.98. The number of piperazine rings is 1. The number of hydrogen-bond donors (Lipinski definition) is 1. The third kappa shape index (κ3) is 6.13. The van der Waals surface area contributed by atoms with E-state index in [1.807, 2.05) is 18.2 Å². The molecule has 1 aliphatic rings. The minimum absolute atomic E-state index is 0.176. The molecule has 0 aromatic heterocycles. The number of amides is 1. The van der Waals surface area contributed by atoms with E-state index < -0.39 is 4.92 Å². The molecule has 0 spiro atoms. The first-order valence-corrected chi connectivity index (χ1v) is 9.84. The number of nitrogens with one attached hydrogen (secondary N) is 1. The van der Waals surface area contributed by atoms with E-state index in [-0.39, 0.29) is 23.8 Å². The van der Waals surface area contributed by atoms with Gasteiger partial charge < -0.3 is 10.1 Å². The van der Waals surface area contributed by atoms with Crippen LogP contribution in [0, 0.1) is 10.1 Å². The Balaban J connectivity index is 1.45. The Morgan fingerprint density at radius 1 is 1.13 bits per heavy atom. The van der Waals surface area contributed by atoms with Crippen LogP contribution in [-0.4, -0.2) is 67.0 Å². The molecule has 1 heterocycles. The molecule has 0 atom stereocenters. The summed E-state index contributed by atoms with van der Waals surface area (Å²) in [6, 6.07) is 14.6. The van der Waals surface area contributed by atoms with Gasteiger partial charge in [-0.3, -0.25) is 24.7 Å². The SMILES string of the molecule is COc1ccc(NC(=O)CN2CCN(CC=Cc3ccccc3)CC2)c([N+](=O)[O-])c1. The number of rotatable bonds is 8. The van der Waals surface area contributed by atoms with Crippen molar-refractivity contribution in [2.24, 2.45) is 0 Å². The predicted octanol–water partition coefficient (Wildman–Crippen LogP) is 2.87. The Morgan fingerprint density at radius 2 is 1.83 bits per heavy atom. The maximum absolute atomic E-state index is 12.4. The maximum Gasteiger partial charge on any atom is 0.296 e. The average Bonchev–Trinajstić information content (AvgIpc) is 2.76. The molecule has 0 aliphatic carbocycles. The van der Waals surface area contributed by atoms with Gasteiger partial charge in [0.15, 0.2) is 0 Å². The Bertz CT molecular complexity index is 893. The number of ether oxygens (including phenoxy) is 1. The summed E-state index contributed by atoms with van der Waals surface area (Å²) in [5, 5.41) is 13.9. The van der Waals surface area contributed by atoms with Crippen molar-refractivity contribution in [3.8, 4) is 5.75 Å². The minimum atomic E-state index is -0.528. The average molecular weight is 410 g/mol. The molecule has 8 heteroatoms. The fourth-order valence-corrected chi connectivity index (χ4v) is 3.32. The number of nitro groups is 1. The number of methoxy groups -OCH3 is 1. The summed E-state index contributed by atoms with van der Waals surface area (Å²) in [5.74, 6) is 0.109. The highest BCUT2D eigenvalue weighted by molar-refractivity contribution is 5.94. The van der Waals surface area contributed by atoms with Gasteiger partial charge in [-0.25, -0.2) is 0 Å². The van der Waals surface area contributed by atoms with Crippen molar-refractivity contribution in [2.75, 3.05) is 51.7 Å². The minimum Gasteiger partial charge on any atom is -0.496 e. The molecule has 0 unspecified atom stereocenters. The van der Waals surface area contributed by atoms with Crippen LogP contribution in [0.1, 0.15) is 5.56 Å². The number of carbonyl (C=O) groups excluding carboxylic acids is 1. The molecule has 1 fully saturated rings. The van der Waals surface area contributed by atoms with Gasteiger partial charge in [-0.1, -0.05) is 42.5 Å². The number of hydrogen-bond acceptors (Lipinski definition) is 6. The van der Waals surface area contributed by atoms with E-state index in [0.717, 1.165) is 32.7 Å². The monoisotopic (exact) mass is 410 g/mol. The lowest BCUT2D eigenvalue weighted by Crippen LogP contribution is -2.48. The smallest absolute Gasteiger partial charge is 0.296 e. The summed E-state index contributed by atoms with van der Waals surface area (Å²) in [4.78, 5) is 27.5. The van der Waals surface area contributed by atoms with Crippen LogP contribution in [0.3, 0.4) is 0 Å². The van der Waals surface area contributed by atoms with Gasteiger partial charge in [0, 0.05) is 32.7 Å². The second-order valence-electron chi connectivity index (χ2n) is 7.08. The molecule has 30 heavy (non-hydrogen) atoms. The number of carbonyl (C=O) groups is 1. The number of nitro benzene ring substituents is 1. The highest BCUT2D eigenvalue weighted by Crippen LogP contribution is 2.28. The second-order valence-corrected chi connectivity index (χ2v) is 7.08. The number of benzene rings is 2. The van der Waals surface area contributed by atoms with Crippen molar-refractivity contribution >= 4 is 23.4 Å². The summed E-state index contributed by atoms with van der Waals surface area (Å²) in [5.41, 5.74) is 1.17. The summed E-state index contributed by atoms with van der Waals surface area (Å²) in [6.07, 6.45) is 4.27. The van der Waals surface area contributed by atoms with Gasteiger partial charge in [0.05, 0.1) is 24.6 Å². The molecule has 2 aromatic carbocycles. The molecule has 0 radical (unpaired) electrons. The van der Waals surface area contributed by atoms with Crippen LogP contribution < -0.4 is 10.1 Å². The van der Waals surface area contributed by atoms with E-state index in [1.54, 1.807) is 6.07 Å². The van der Waals surface area contributed by atoms with Crippen molar-refractivity contribution in [3.63, 3.8) is 0 Å². The highest BCUT2D eigenvalue weighted by atomic mass is 16.6. The lowest BCUT2D eigenvalue weighted by atomic mass is 10.2. The molecule has 1 saturated heterocycles. The molecule has 1 amide bonds. The van der Waals surface area contributed by atoms with Crippen LogP contribution in [0.4, 0.5) is 11.4 Å². The molecule has 2 aromatic rings. The second kappa shape index (κ2) is 10.5. The highest BCUT2D eigenvalue weighted by Gasteiger charge is 2.21. The first-order chi connectivity index (χ1) is 14.5. The first kappa shape index (κ1) is 21.5. The Hall–Kier alpha value is -3.23. The van der Waals surface area contributed by atoms with Crippen LogP contribution in [0.15, 0.2) is 54.6 Å². The topological polar surface area (TPSA) is 88.0 Å². The van der Waals surface area contributed by atoms with E-state index in [2.05, 4.69) is 39.4 Å². The summed E-state index contributed by atoms with van der Waals surface area (Å²) in [6.45, 7) is 4.36. The Kier molecular flexibility index (Phi) is 7.53. The van der Waals surface area contributed by atoms with Gasteiger partial charge >= 0.3 is 0 Å². The van der Waals surface area contributed by atoms with Gasteiger partial charge in [-0.05, 0) is 17.7 Å². The van der Waals surface area contributed by atoms with Crippen LogP contribution in [0.25, 0.3) is 6.08 Å². The van der Waals surface area contributed by atoms with Gasteiger partial charge in [-0.2, -0.15) is 0 Å². The first-order valence-electron chi connectivity index (χ1n) is 9.84. The van der Waals surface area contributed by atoms with Gasteiger partial charge in [0.25, 0.3) is 5.69 Å². The molecule has 1 aliphatic heterocycles. The van der Waals surface area contributed by atoms with E-state index >= 15 is 0 Å². The van der Waals surface area contributed by atoms with E-state index in [9.17, 15) is 14.9 Å². The summed E-state index contributed by atoms with van der Waals surface area (Å²) in [7, 11) is 1.44. The molecule has 1 N–H and O–H groups in total. The fraction of sp³-hybridized carbons (Fsp3) is 0.318.